The first-order chi connectivity index (χ1) is 4.50. The summed E-state index contributed by atoms with van der Waals surface area (Å²) in [4.78, 5) is 1.14. The van der Waals surface area contributed by atoms with Crippen LogP contribution in [0.5, 0.6) is 0 Å². The molecule has 0 atom stereocenters. The molecule has 0 aliphatic heterocycles. The molecule has 0 fully saturated rings. The summed E-state index contributed by atoms with van der Waals surface area (Å²) < 4.78 is 21.2. The van der Waals surface area contributed by atoms with Crippen LogP contribution < -0.4 is 0 Å². The van der Waals surface area contributed by atoms with Crippen LogP contribution in [0, 0.1) is 6.92 Å². The first-order valence-corrected chi connectivity index (χ1v) is 5.69. The van der Waals surface area contributed by atoms with E-state index in [0.29, 0.717) is 0 Å². The lowest BCUT2D eigenvalue weighted by atomic mass is 10.5. The predicted octanol–water partition coefficient (Wildman–Crippen LogP) is 1.98. The number of thiophene rings is 1. The van der Waals surface area contributed by atoms with E-state index in [-0.39, 0.29) is 4.90 Å². The number of aryl methyl sites for hydroxylation is 1. The maximum atomic E-state index is 10.6. The Morgan fingerprint density at radius 1 is 1.60 bits per heavy atom. The van der Waals surface area contributed by atoms with E-state index in [1.54, 1.807) is 6.07 Å². The van der Waals surface area contributed by atoms with Crippen molar-refractivity contribution < 1.29 is 8.42 Å². The van der Waals surface area contributed by atoms with Crippen molar-refractivity contribution in [1.82, 2.24) is 0 Å². The average molecular weight is 197 g/mol. The van der Waals surface area contributed by atoms with Crippen molar-refractivity contribution in [3.63, 3.8) is 0 Å². The van der Waals surface area contributed by atoms with E-state index in [9.17, 15) is 8.42 Å². The lowest BCUT2D eigenvalue weighted by molar-refractivity contribution is 0.610. The van der Waals surface area contributed by atoms with Gasteiger partial charge in [-0.2, -0.15) is 0 Å². The van der Waals surface area contributed by atoms with Gasteiger partial charge in [0.2, 0.25) is 0 Å². The summed E-state index contributed by atoms with van der Waals surface area (Å²) in [5.74, 6) is 0. The number of halogens is 1. The van der Waals surface area contributed by atoms with Crippen LogP contribution in [-0.2, 0) is 9.05 Å². The summed E-state index contributed by atoms with van der Waals surface area (Å²) in [6.45, 7) is 1.83. The van der Waals surface area contributed by atoms with Gasteiger partial charge in [-0.05, 0) is 13.0 Å². The Hall–Kier alpha value is -0.0600. The zero-order chi connectivity index (χ0) is 7.78. The van der Waals surface area contributed by atoms with Crippen LogP contribution in [0.25, 0.3) is 0 Å². The first-order valence-electron chi connectivity index (χ1n) is 2.50. The molecule has 0 amide bonds. The highest BCUT2D eigenvalue weighted by molar-refractivity contribution is 8.13. The summed E-state index contributed by atoms with van der Waals surface area (Å²) in [5, 5.41) is 1.53. The van der Waals surface area contributed by atoms with Crippen LogP contribution in [0.15, 0.2) is 16.3 Å². The first kappa shape index (κ1) is 8.04. The van der Waals surface area contributed by atoms with Crippen molar-refractivity contribution in [2.75, 3.05) is 0 Å². The number of rotatable bonds is 1. The minimum absolute atomic E-state index is 0.191. The fourth-order valence-electron chi connectivity index (χ4n) is 0.547. The molecule has 0 saturated carbocycles. The molecule has 56 valence electrons. The van der Waals surface area contributed by atoms with Crippen LogP contribution >= 0.6 is 22.0 Å². The van der Waals surface area contributed by atoms with Gasteiger partial charge in [0.15, 0.2) is 0 Å². The van der Waals surface area contributed by atoms with Crippen LogP contribution in [-0.4, -0.2) is 8.42 Å². The molecule has 5 heteroatoms. The zero-order valence-electron chi connectivity index (χ0n) is 5.17. The summed E-state index contributed by atoms with van der Waals surface area (Å²) in [5.41, 5.74) is 0. The van der Waals surface area contributed by atoms with Crippen molar-refractivity contribution >= 4 is 31.1 Å². The quantitative estimate of drug-likeness (QED) is 0.644. The van der Waals surface area contributed by atoms with Crippen molar-refractivity contribution in [3.8, 4) is 0 Å². The molecule has 0 aliphatic rings. The molecule has 0 spiro atoms. The fraction of sp³-hybridized carbons (Fsp3) is 0.200. The maximum Gasteiger partial charge on any atom is 0.262 e. The number of hydrogen-bond donors (Lipinski definition) is 0. The molecular formula is C5H5ClO2S2. The molecule has 0 N–H and O–H groups in total. The lowest BCUT2D eigenvalue weighted by Gasteiger charge is -1.84. The van der Waals surface area contributed by atoms with Gasteiger partial charge in [0.05, 0.1) is 4.90 Å². The van der Waals surface area contributed by atoms with E-state index in [0.717, 1.165) is 4.88 Å². The summed E-state index contributed by atoms with van der Waals surface area (Å²) in [6, 6.07) is 1.55. The molecule has 10 heavy (non-hydrogen) atoms. The average Bonchev–Trinajstić information content (AvgIpc) is 2.11. The molecule has 0 aromatic carbocycles. The van der Waals surface area contributed by atoms with Gasteiger partial charge in [0.1, 0.15) is 0 Å². The van der Waals surface area contributed by atoms with Gasteiger partial charge >= 0.3 is 0 Å². The second-order valence-corrected chi connectivity index (χ2v) is 5.51. The van der Waals surface area contributed by atoms with Crippen molar-refractivity contribution in [2.24, 2.45) is 0 Å². The Morgan fingerprint density at radius 3 is 2.40 bits per heavy atom. The topological polar surface area (TPSA) is 34.1 Å². The summed E-state index contributed by atoms with van der Waals surface area (Å²) in [7, 11) is 1.55. The number of hydrogen-bond acceptors (Lipinski definition) is 3. The lowest BCUT2D eigenvalue weighted by Crippen LogP contribution is -1.85. The van der Waals surface area contributed by atoms with E-state index >= 15 is 0 Å². The van der Waals surface area contributed by atoms with Crippen molar-refractivity contribution in [3.05, 3.63) is 16.3 Å². The third-order valence-corrected chi connectivity index (χ3v) is 3.33. The standard InChI is InChI=1S/C5H5ClO2S2/c1-4-2-5(3-9-4)10(6,7)8/h2-3H,1H3. The fourth-order valence-corrected chi connectivity index (χ4v) is 2.57. The third-order valence-electron chi connectivity index (χ3n) is 0.988. The maximum absolute atomic E-state index is 10.6. The second kappa shape index (κ2) is 2.53. The highest BCUT2D eigenvalue weighted by atomic mass is 35.7. The molecule has 1 aromatic rings. The Labute approximate surface area is 67.9 Å². The van der Waals surface area contributed by atoms with E-state index in [4.69, 9.17) is 10.7 Å². The molecule has 1 aromatic heterocycles. The Bertz CT molecular complexity index is 325. The summed E-state index contributed by atoms with van der Waals surface area (Å²) in [6.07, 6.45) is 0. The Kier molecular flexibility index (Phi) is 2.03. The van der Waals surface area contributed by atoms with E-state index < -0.39 is 9.05 Å². The normalized spacial score (nSPS) is 11.8. The molecule has 0 aliphatic carbocycles. The van der Waals surface area contributed by atoms with Gasteiger partial charge < -0.3 is 0 Å². The molecule has 0 radical (unpaired) electrons. The predicted molar refractivity (Wildman–Crippen MR) is 42.1 cm³/mol. The molecule has 2 nitrogen and oxygen atoms in total. The van der Waals surface area contributed by atoms with Gasteiger partial charge in [0, 0.05) is 20.9 Å². The van der Waals surface area contributed by atoms with Gasteiger partial charge in [-0.1, -0.05) is 0 Å². The van der Waals surface area contributed by atoms with Crippen LogP contribution in [0.2, 0.25) is 0 Å². The largest absolute Gasteiger partial charge is 0.262 e. The Balaban J connectivity index is 3.21. The monoisotopic (exact) mass is 196 g/mol. The van der Waals surface area contributed by atoms with Gasteiger partial charge in [-0.3, -0.25) is 0 Å². The van der Waals surface area contributed by atoms with E-state index in [1.165, 1.54) is 16.7 Å². The molecular weight excluding hydrogens is 192 g/mol. The van der Waals surface area contributed by atoms with Crippen molar-refractivity contribution in [1.29, 1.82) is 0 Å². The minimum Gasteiger partial charge on any atom is -0.207 e. The van der Waals surface area contributed by atoms with Crippen LogP contribution in [0.3, 0.4) is 0 Å². The zero-order valence-corrected chi connectivity index (χ0v) is 7.55. The van der Waals surface area contributed by atoms with Crippen LogP contribution in [0.4, 0.5) is 0 Å². The van der Waals surface area contributed by atoms with E-state index in [2.05, 4.69) is 0 Å². The van der Waals surface area contributed by atoms with Crippen molar-refractivity contribution in [2.45, 2.75) is 11.8 Å². The minimum atomic E-state index is -3.50. The van der Waals surface area contributed by atoms with E-state index in [1.807, 2.05) is 6.92 Å². The molecule has 0 bridgehead atoms. The van der Waals surface area contributed by atoms with Gasteiger partial charge in [0.25, 0.3) is 9.05 Å². The molecule has 1 heterocycles. The molecule has 0 saturated heterocycles. The highest BCUT2D eigenvalue weighted by Crippen LogP contribution is 2.21. The SMILES string of the molecule is Cc1cc(S(=O)(=O)Cl)cs1. The Morgan fingerprint density at radius 2 is 2.20 bits per heavy atom. The van der Waals surface area contributed by atoms with Gasteiger partial charge in [-0.15, -0.1) is 11.3 Å². The van der Waals surface area contributed by atoms with Crippen LogP contribution in [0.1, 0.15) is 4.88 Å². The third kappa shape index (κ3) is 1.71. The van der Waals surface area contributed by atoms with Gasteiger partial charge in [-0.25, -0.2) is 8.42 Å². The molecule has 0 unspecified atom stereocenters. The smallest absolute Gasteiger partial charge is 0.207 e. The second-order valence-electron chi connectivity index (χ2n) is 1.83. The molecule has 1 rings (SSSR count). The highest BCUT2D eigenvalue weighted by Gasteiger charge is 2.10. The summed E-state index contributed by atoms with van der Waals surface area (Å²) >= 11 is 1.37.